The van der Waals surface area contributed by atoms with E-state index in [1.807, 2.05) is 0 Å². The van der Waals surface area contributed by atoms with E-state index in [0.29, 0.717) is 25.7 Å². The minimum atomic E-state index is -0.812. The predicted octanol–water partition coefficient (Wildman–Crippen LogP) is 4.76. The van der Waals surface area contributed by atoms with Crippen molar-refractivity contribution in [2.24, 2.45) is 22.7 Å². The lowest BCUT2D eigenvalue weighted by Gasteiger charge is -2.40. The normalized spacial score (nSPS) is 41.7. The van der Waals surface area contributed by atoms with Gasteiger partial charge in [0.15, 0.2) is 11.4 Å². The SMILES string of the molecule is CC12CCC(C(=O)O[C@@H]3CC[C@@H]4CCC5(OCc6ccccc6CO5)[C@@H]43)(OC1)C2(C)C. The molecule has 5 aliphatic rings. The lowest BCUT2D eigenvalue weighted by Crippen LogP contribution is -2.52. The van der Waals surface area contributed by atoms with Crippen molar-refractivity contribution in [2.45, 2.75) is 90.0 Å². The smallest absolute Gasteiger partial charge is 0.339 e. The monoisotopic (exact) mass is 426 g/mol. The highest BCUT2D eigenvalue weighted by Crippen LogP contribution is 2.65. The number of fused-ring (bicyclic) bond motifs is 5. The zero-order valence-corrected chi connectivity index (χ0v) is 18.9. The van der Waals surface area contributed by atoms with E-state index in [1.54, 1.807) is 0 Å². The van der Waals surface area contributed by atoms with Crippen LogP contribution < -0.4 is 0 Å². The summed E-state index contributed by atoms with van der Waals surface area (Å²) in [5.74, 6) is -0.232. The van der Waals surface area contributed by atoms with Gasteiger partial charge in [0, 0.05) is 11.8 Å². The minimum Gasteiger partial charge on any atom is -0.460 e. The van der Waals surface area contributed by atoms with Gasteiger partial charge in [0.05, 0.1) is 25.7 Å². The Morgan fingerprint density at radius 2 is 1.65 bits per heavy atom. The van der Waals surface area contributed by atoms with Crippen LogP contribution in [0.15, 0.2) is 24.3 Å². The number of hydrogen-bond donors (Lipinski definition) is 0. The summed E-state index contributed by atoms with van der Waals surface area (Å²) < 4.78 is 25.5. The van der Waals surface area contributed by atoms with Gasteiger partial charge in [0.1, 0.15) is 6.10 Å². The van der Waals surface area contributed by atoms with Crippen LogP contribution in [-0.4, -0.2) is 30.1 Å². The summed E-state index contributed by atoms with van der Waals surface area (Å²) in [5.41, 5.74) is 1.39. The molecule has 3 aliphatic carbocycles. The van der Waals surface area contributed by atoms with Crippen LogP contribution in [0.5, 0.6) is 0 Å². The number of hydrogen-bond acceptors (Lipinski definition) is 5. The highest BCUT2D eigenvalue weighted by Gasteiger charge is 2.71. The number of carbonyl (C=O) groups is 1. The number of carbonyl (C=O) groups excluding carboxylic acids is 1. The quantitative estimate of drug-likeness (QED) is 0.639. The molecule has 168 valence electrons. The second-order valence-electron chi connectivity index (χ2n) is 11.3. The first-order valence-electron chi connectivity index (χ1n) is 12.0. The lowest BCUT2D eigenvalue weighted by molar-refractivity contribution is -0.278. The maximum absolute atomic E-state index is 13.6. The Balaban J connectivity index is 1.24. The minimum absolute atomic E-state index is 0.0398. The largest absolute Gasteiger partial charge is 0.460 e. The third-order valence-electron chi connectivity index (χ3n) is 9.94. The molecule has 5 nitrogen and oxygen atoms in total. The maximum atomic E-state index is 13.6. The van der Waals surface area contributed by atoms with Crippen molar-refractivity contribution in [3.63, 3.8) is 0 Å². The summed E-state index contributed by atoms with van der Waals surface area (Å²) in [5, 5.41) is 0. The Labute approximate surface area is 184 Å². The van der Waals surface area contributed by atoms with Crippen molar-refractivity contribution >= 4 is 5.97 Å². The summed E-state index contributed by atoms with van der Waals surface area (Å²) >= 11 is 0. The Morgan fingerprint density at radius 3 is 2.23 bits per heavy atom. The van der Waals surface area contributed by atoms with E-state index in [2.05, 4.69) is 45.0 Å². The molecule has 5 heteroatoms. The topological polar surface area (TPSA) is 54.0 Å². The van der Waals surface area contributed by atoms with Gasteiger partial charge in [-0.25, -0.2) is 4.79 Å². The molecule has 0 N–H and O–H groups in total. The molecule has 6 rings (SSSR count). The molecule has 4 fully saturated rings. The van der Waals surface area contributed by atoms with Gasteiger partial charge in [0.25, 0.3) is 0 Å². The van der Waals surface area contributed by atoms with E-state index in [1.165, 1.54) is 11.1 Å². The van der Waals surface area contributed by atoms with Crippen molar-refractivity contribution in [2.75, 3.05) is 6.61 Å². The third kappa shape index (κ3) is 2.57. The Hall–Kier alpha value is -1.43. The Morgan fingerprint density at radius 1 is 0.935 bits per heavy atom. The summed E-state index contributed by atoms with van der Waals surface area (Å²) in [4.78, 5) is 13.6. The lowest BCUT2D eigenvalue weighted by atomic mass is 9.66. The molecule has 5 atom stereocenters. The molecule has 1 spiro atoms. The zero-order valence-electron chi connectivity index (χ0n) is 18.9. The van der Waals surface area contributed by atoms with Gasteiger partial charge >= 0.3 is 5.97 Å². The Kier molecular flexibility index (Phi) is 4.27. The number of ether oxygens (including phenoxy) is 4. The van der Waals surface area contributed by atoms with Crippen molar-refractivity contribution < 1.29 is 23.7 Å². The van der Waals surface area contributed by atoms with E-state index in [-0.39, 0.29) is 28.8 Å². The molecule has 1 aromatic carbocycles. The fraction of sp³-hybridized carbons (Fsp3) is 0.731. The van der Waals surface area contributed by atoms with Crippen LogP contribution in [0.3, 0.4) is 0 Å². The summed E-state index contributed by atoms with van der Waals surface area (Å²) in [6.45, 7) is 8.35. The first-order chi connectivity index (χ1) is 14.8. The van der Waals surface area contributed by atoms with Crippen molar-refractivity contribution in [3.05, 3.63) is 35.4 Å². The summed E-state index contributed by atoms with van der Waals surface area (Å²) in [6, 6.07) is 8.34. The molecule has 1 aromatic rings. The van der Waals surface area contributed by atoms with Crippen LogP contribution >= 0.6 is 0 Å². The Bertz CT molecular complexity index is 870. The number of benzene rings is 1. The fourth-order valence-corrected chi connectivity index (χ4v) is 7.31. The first-order valence-corrected chi connectivity index (χ1v) is 12.0. The molecule has 0 aromatic heterocycles. The highest BCUT2D eigenvalue weighted by atomic mass is 16.7. The molecule has 2 aliphatic heterocycles. The van der Waals surface area contributed by atoms with Gasteiger partial charge in [-0.2, -0.15) is 0 Å². The van der Waals surface area contributed by atoms with Crippen LogP contribution in [-0.2, 0) is 37.0 Å². The molecule has 1 saturated heterocycles. The first kappa shape index (κ1) is 20.2. The standard InChI is InChI=1S/C26H34O5/c1-23(2)24(3)12-13-25(23,30-16-24)22(27)31-20-9-8-17-10-11-26(21(17)20)28-14-18-6-4-5-7-19(18)15-29-26/h4-7,17,20-21H,8-16H2,1-3H3/t17-,20-,21+,24?,25?/m1/s1. The third-order valence-corrected chi connectivity index (χ3v) is 9.94. The molecule has 2 heterocycles. The van der Waals surface area contributed by atoms with Crippen LogP contribution in [0.4, 0.5) is 0 Å². The van der Waals surface area contributed by atoms with E-state index < -0.39 is 11.4 Å². The predicted molar refractivity (Wildman–Crippen MR) is 114 cm³/mol. The molecule has 2 bridgehead atoms. The van der Waals surface area contributed by atoms with Gasteiger partial charge in [-0.05, 0) is 54.6 Å². The molecule has 3 saturated carbocycles. The molecule has 2 unspecified atom stereocenters. The summed E-state index contributed by atoms with van der Waals surface area (Å²) in [6.07, 6.45) is 5.50. The van der Waals surface area contributed by atoms with Gasteiger partial charge in [-0.1, -0.05) is 45.0 Å². The molecular weight excluding hydrogens is 392 g/mol. The number of esters is 1. The van der Waals surface area contributed by atoms with Gasteiger partial charge in [-0.15, -0.1) is 0 Å². The van der Waals surface area contributed by atoms with Gasteiger partial charge in [0.2, 0.25) is 0 Å². The highest BCUT2D eigenvalue weighted by molar-refractivity contribution is 5.82. The van der Waals surface area contributed by atoms with Crippen molar-refractivity contribution in [1.29, 1.82) is 0 Å². The van der Waals surface area contributed by atoms with E-state index in [9.17, 15) is 4.79 Å². The van der Waals surface area contributed by atoms with Crippen molar-refractivity contribution in [1.82, 2.24) is 0 Å². The average molecular weight is 427 g/mol. The second-order valence-corrected chi connectivity index (χ2v) is 11.3. The molecule has 0 radical (unpaired) electrons. The molecule has 31 heavy (non-hydrogen) atoms. The van der Waals surface area contributed by atoms with Crippen molar-refractivity contribution in [3.8, 4) is 0 Å². The summed E-state index contributed by atoms with van der Waals surface area (Å²) in [7, 11) is 0. The van der Waals surface area contributed by atoms with Crippen LogP contribution in [0.25, 0.3) is 0 Å². The average Bonchev–Trinajstić information content (AvgIpc) is 3.38. The van der Waals surface area contributed by atoms with E-state index in [0.717, 1.165) is 38.5 Å². The van der Waals surface area contributed by atoms with E-state index >= 15 is 0 Å². The second kappa shape index (κ2) is 6.55. The van der Waals surface area contributed by atoms with Crippen LogP contribution in [0.1, 0.15) is 70.4 Å². The van der Waals surface area contributed by atoms with E-state index in [4.69, 9.17) is 18.9 Å². The maximum Gasteiger partial charge on any atom is 0.339 e. The molecular formula is C26H34O5. The van der Waals surface area contributed by atoms with Gasteiger partial charge < -0.3 is 18.9 Å². The zero-order chi connectivity index (χ0) is 21.5. The fourth-order valence-electron chi connectivity index (χ4n) is 7.31. The number of rotatable bonds is 2. The molecule has 0 amide bonds. The van der Waals surface area contributed by atoms with Crippen LogP contribution in [0.2, 0.25) is 0 Å². The van der Waals surface area contributed by atoms with Crippen LogP contribution in [0, 0.1) is 22.7 Å². The van der Waals surface area contributed by atoms with Gasteiger partial charge in [-0.3, -0.25) is 0 Å².